The van der Waals surface area contributed by atoms with E-state index in [2.05, 4.69) is 10.1 Å². The van der Waals surface area contributed by atoms with Crippen molar-refractivity contribution in [3.63, 3.8) is 0 Å². The molecule has 1 aromatic heterocycles. The molecule has 2 aromatic rings. The highest BCUT2D eigenvalue weighted by Crippen LogP contribution is 2.23. The zero-order chi connectivity index (χ0) is 15.9. The number of benzene rings is 1. The number of aryl methyl sites for hydroxylation is 2. The number of amides is 1. The summed E-state index contributed by atoms with van der Waals surface area (Å²) in [5, 5.41) is 5.22. The highest BCUT2D eigenvalue weighted by Gasteiger charge is 2.28. The van der Waals surface area contributed by atoms with Crippen molar-refractivity contribution in [3.8, 4) is 0 Å². The fraction of sp³-hybridized carbons (Fsp3) is 0.267. The van der Waals surface area contributed by atoms with Gasteiger partial charge >= 0.3 is 0 Å². The number of nitrogens with zero attached hydrogens (tertiary/aromatic N) is 4. The third-order valence-corrected chi connectivity index (χ3v) is 3.97. The zero-order valence-electron chi connectivity index (χ0n) is 12.2. The molecule has 3 rings (SSSR count). The molecule has 5 nitrogen and oxygen atoms in total. The van der Waals surface area contributed by atoms with Gasteiger partial charge in [-0.3, -0.25) is 9.69 Å². The zero-order valence-corrected chi connectivity index (χ0v) is 13.7. The maximum atomic E-state index is 12.8. The molecule has 7 heteroatoms. The van der Waals surface area contributed by atoms with Crippen LogP contribution in [0, 0.1) is 13.8 Å². The normalized spacial score (nSPS) is 14.4. The van der Waals surface area contributed by atoms with Crippen LogP contribution in [0.2, 0.25) is 10.0 Å². The molecule has 1 aliphatic heterocycles. The van der Waals surface area contributed by atoms with Gasteiger partial charge in [0.05, 0.1) is 22.8 Å². The second kappa shape index (κ2) is 5.74. The Kier molecular flexibility index (Phi) is 3.93. The molecule has 0 atom stereocenters. The van der Waals surface area contributed by atoms with E-state index in [0.29, 0.717) is 34.7 Å². The summed E-state index contributed by atoms with van der Waals surface area (Å²) in [5.74, 6) is 0.326. The van der Waals surface area contributed by atoms with E-state index in [4.69, 9.17) is 23.2 Å². The number of rotatable bonds is 1. The van der Waals surface area contributed by atoms with Gasteiger partial charge in [-0.1, -0.05) is 23.2 Å². The summed E-state index contributed by atoms with van der Waals surface area (Å²) in [6.07, 6.45) is 0. The van der Waals surface area contributed by atoms with Crippen molar-refractivity contribution >= 4 is 35.1 Å². The molecule has 1 amide bonds. The highest BCUT2D eigenvalue weighted by molar-refractivity contribution is 6.37. The lowest BCUT2D eigenvalue weighted by atomic mass is 10.2. The molecule has 1 aliphatic rings. The molecule has 1 aromatic carbocycles. The molecule has 0 spiro atoms. The Morgan fingerprint density at radius 2 is 2.00 bits per heavy atom. The van der Waals surface area contributed by atoms with Crippen LogP contribution in [0.5, 0.6) is 0 Å². The average Bonchev–Trinajstić information content (AvgIpc) is 3.04. The summed E-state index contributed by atoms with van der Waals surface area (Å²) in [6.45, 7) is 4.89. The fourth-order valence-electron chi connectivity index (χ4n) is 2.45. The van der Waals surface area contributed by atoms with Crippen LogP contribution in [0.1, 0.15) is 21.7 Å². The molecular weight excluding hydrogens is 323 g/mol. The monoisotopic (exact) mass is 336 g/mol. The number of hydrogen-bond donors (Lipinski definition) is 0. The fourth-order valence-corrected chi connectivity index (χ4v) is 2.94. The lowest BCUT2D eigenvalue weighted by Crippen LogP contribution is -2.39. The van der Waals surface area contributed by atoms with Crippen molar-refractivity contribution in [2.75, 3.05) is 13.1 Å². The van der Waals surface area contributed by atoms with Crippen LogP contribution in [-0.4, -0.2) is 39.6 Å². The molecule has 0 saturated heterocycles. The maximum absolute atomic E-state index is 12.8. The Balaban J connectivity index is 1.96. The third-order valence-electron chi connectivity index (χ3n) is 3.42. The summed E-state index contributed by atoms with van der Waals surface area (Å²) < 4.78 is 1.68. The molecule has 0 N–H and O–H groups in total. The van der Waals surface area contributed by atoms with Gasteiger partial charge in [0, 0.05) is 17.3 Å². The van der Waals surface area contributed by atoms with E-state index in [0.717, 1.165) is 11.4 Å². The van der Waals surface area contributed by atoms with E-state index >= 15 is 0 Å². The van der Waals surface area contributed by atoms with Gasteiger partial charge in [-0.05, 0) is 38.1 Å². The standard InChI is InChI=1S/C15H14Cl2N4O/c1-9-7-10(2)21(19-9)15-18-5-6-20(15)14(22)12-4-3-11(16)8-13(12)17/h3-4,7-8H,5-6H2,1-2H3. The quantitative estimate of drug-likeness (QED) is 0.803. The summed E-state index contributed by atoms with van der Waals surface area (Å²) >= 11 is 12.0. The molecule has 0 unspecified atom stereocenters. The van der Waals surface area contributed by atoms with E-state index in [1.54, 1.807) is 27.8 Å². The van der Waals surface area contributed by atoms with Gasteiger partial charge in [-0.15, -0.1) is 0 Å². The molecule has 22 heavy (non-hydrogen) atoms. The van der Waals surface area contributed by atoms with E-state index in [1.807, 2.05) is 19.9 Å². The van der Waals surface area contributed by atoms with Gasteiger partial charge in [-0.25, -0.2) is 9.67 Å². The van der Waals surface area contributed by atoms with Crippen LogP contribution < -0.4 is 0 Å². The predicted molar refractivity (Wildman–Crippen MR) is 86.9 cm³/mol. The van der Waals surface area contributed by atoms with Crippen molar-refractivity contribution < 1.29 is 4.79 Å². The van der Waals surface area contributed by atoms with Gasteiger partial charge in [-0.2, -0.15) is 5.10 Å². The van der Waals surface area contributed by atoms with Gasteiger partial charge in [0.2, 0.25) is 5.96 Å². The van der Waals surface area contributed by atoms with Crippen LogP contribution in [-0.2, 0) is 0 Å². The first-order chi connectivity index (χ1) is 10.5. The molecule has 0 saturated carbocycles. The molecule has 0 fully saturated rings. The first kappa shape index (κ1) is 15.1. The first-order valence-electron chi connectivity index (χ1n) is 6.82. The van der Waals surface area contributed by atoms with Crippen molar-refractivity contribution in [1.82, 2.24) is 14.7 Å². The number of carbonyl (C=O) groups excluding carboxylic acids is 1. The first-order valence-corrected chi connectivity index (χ1v) is 7.58. The van der Waals surface area contributed by atoms with Crippen molar-refractivity contribution in [2.24, 2.45) is 4.99 Å². The van der Waals surface area contributed by atoms with E-state index < -0.39 is 0 Å². The number of carbonyl (C=O) groups is 1. The van der Waals surface area contributed by atoms with E-state index in [9.17, 15) is 4.79 Å². The number of aromatic nitrogens is 2. The van der Waals surface area contributed by atoms with Gasteiger partial charge in [0.25, 0.3) is 5.91 Å². The van der Waals surface area contributed by atoms with Crippen LogP contribution in [0.4, 0.5) is 0 Å². The van der Waals surface area contributed by atoms with Crippen molar-refractivity contribution in [3.05, 3.63) is 51.3 Å². The lowest BCUT2D eigenvalue weighted by molar-refractivity contribution is 0.0854. The van der Waals surface area contributed by atoms with Crippen LogP contribution >= 0.6 is 23.2 Å². The Morgan fingerprint density at radius 3 is 2.64 bits per heavy atom. The minimum Gasteiger partial charge on any atom is -0.275 e. The van der Waals surface area contributed by atoms with Crippen LogP contribution in [0.25, 0.3) is 0 Å². The molecule has 0 radical (unpaired) electrons. The average molecular weight is 337 g/mol. The topological polar surface area (TPSA) is 50.5 Å². The summed E-state index contributed by atoms with van der Waals surface area (Å²) in [6, 6.07) is 6.78. The second-order valence-electron chi connectivity index (χ2n) is 5.10. The summed E-state index contributed by atoms with van der Waals surface area (Å²) in [4.78, 5) is 18.8. The third kappa shape index (κ3) is 2.62. The Morgan fingerprint density at radius 1 is 1.23 bits per heavy atom. The number of halogens is 2. The molecule has 0 bridgehead atoms. The van der Waals surface area contributed by atoms with Crippen molar-refractivity contribution in [1.29, 1.82) is 0 Å². The molecule has 0 aliphatic carbocycles. The van der Waals surface area contributed by atoms with Crippen molar-refractivity contribution in [2.45, 2.75) is 13.8 Å². The summed E-state index contributed by atoms with van der Waals surface area (Å²) in [5.41, 5.74) is 2.21. The van der Waals surface area contributed by atoms with Gasteiger partial charge < -0.3 is 0 Å². The number of aliphatic imine (C=N–C) groups is 1. The van der Waals surface area contributed by atoms with Gasteiger partial charge in [0.1, 0.15) is 0 Å². The Labute approximate surface area is 138 Å². The minimum atomic E-state index is -0.203. The van der Waals surface area contributed by atoms with Crippen LogP contribution in [0.3, 0.4) is 0 Å². The highest BCUT2D eigenvalue weighted by atomic mass is 35.5. The smallest absolute Gasteiger partial charge is 0.262 e. The Bertz CT molecular complexity index is 782. The number of hydrogen-bond acceptors (Lipinski definition) is 3. The van der Waals surface area contributed by atoms with Crippen LogP contribution in [0.15, 0.2) is 29.3 Å². The molecule has 114 valence electrons. The van der Waals surface area contributed by atoms with E-state index in [1.165, 1.54) is 0 Å². The van der Waals surface area contributed by atoms with E-state index in [-0.39, 0.29) is 5.91 Å². The maximum Gasteiger partial charge on any atom is 0.262 e. The largest absolute Gasteiger partial charge is 0.275 e. The minimum absolute atomic E-state index is 0.203. The lowest BCUT2D eigenvalue weighted by Gasteiger charge is -2.19. The van der Waals surface area contributed by atoms with Gasteiger partial charge in [0.15, 0.2) is 0 Å². The second-order valence-corrected chi connectivity index (χ2v) is 5.95. The summed E-state index contributed by atoms with van der Waals surface area (Å²) in [7, 11) is 0. The molecule has 2 heterocycles. The predicted octanol–water partition coefficient (Wildman–Crippen LogP) is 3.17. The Hall–Kier alpha value is -1.85. The molecular formula is C15H14Cl2N4O. The SMILES string of the molecule is Cc1cc(C)n(C2=NCCN2C(=O)c2ccc(Cl)cc2Cl)n1.